The monoisotopic (exact) mass is 294 g/mol. The van der Waals surface area contributed by atoms with E-state index >= 15 is 0 Å². The van der Waals surface area contributed by atoms with Gasteiger partial charge < -0.3 is 20.1 Å². The predicted octanol–water partition coefficient (Wildman–Crippen LogP) is 1.02. The Bertz CT molecular complexity index is 488. The molecule has 0 bridgehead atoms. The van der Waals surface area contributed by atoms with E-state index in [0.717, 1.165) is 5.56 Å². The molecule has 0 spiro atoms. The van der Waals surface area contributed by atoms with Crippen LogP contribution in [-0.2, 0) is 14.3 Å². The highest BCUT2D eigenvalue weighted by Crippen LogP contribution is 2.20. The molecule has 0 saturated heterocycles. The highest BCUT2D eigenvalue weighted by molar-refractivity contribution is 6.35. The molecule has 0 heterocycles. The second-order valence-electron chi connectivity index (χ2n) is 4.84. The number of hydrogen-bond donors (Lipinski definition) is 2. The summed E-state index contributed by atoms with van der Waals surface area (Å²) in [6.07, 6.45) is -0.351. The molecule has 1 aromatic rings. The van der Waals surface area contributed by atoms with E-state index in [4.69, 9.17) is 9.47 Å². The van der Waals surface area contributed by atoms with E-state index in [1.54, 1.807) is 28.1 Å². The van der Waals surface area contributed by atoms with Crippen molar-refractivity contribution in [2.45, 2.75) is 26.0 Å². The molecule has 0 aliphatic rings. The minimum atomic E-state index is -0.673. The van der Waals surface area contributed by atoms with E-state index < -0.39 is 11.8 Å². The van der Waals surface area contributed by atoms with Crippen LogP contribution in [0.1, 0.15) is 25.5 Å². The van der Waals surface area contributed by atoms with E-state index in [1.807, 2.05) is 24.3 Å². The lowest BCUT2D eigenvalue weighted by atomic mass is 10.1. The Morgan fingerprint density at radius 3 is 2.48 bits per heavy atom. The van der Waals surface area contributed by atoms with Gasteiger partial charge in [-0.05, 0) is 31.5 Å². The molecule has 1 aromatic carbocycles. The number of benzene rings is 1. The van der Waals surface area contributed by atoms with Crippen molar-refractivity contribution in [1.82, 2.24) is 10.6 Å². The number of carbonyl (C=O) groups is 2. The van der Waals surface area contributed by atoms with Crippen molar-refractivity contribution in [2.24, 2.45) is 0 Å². The molecule has 1 unspecified atom stereocenters. The van der Waals surface area contributed by atoms with Crippen LogP contribution in [0, 0.1) is 0 Å². The van der Waals surface area contributed by atoms with Crippen LogP contribution in [0.4, 0.5) is 0 Å². The molecule has 1 rings (SSSR count). The molecule has 0 aliphatic heterocycles. The average molecular weight is 294 g/mol. The van der Waals surface area contributed by atoms with Crippen LogP contribution in [0.25, 0.3) is 0 Å². The average Bonchev–Trinajstić information content (AvgIpc) is 2.47. The Morgan fingerprint density at radius 2 is 1.90 bits per heavy atom. The third kappa shape index (κ3) is 5.43. The Labute approximate surface area is 124 Å². The van der Waals surface area contributed by atoms with Gasteiger partial charge >= 0.3 is 11.8 Å². The van der Waals surface area contributed by atoms with Crippen LogP contribution in [0.15, 0.2) is 24.3 Å². The van der Waals surface area contributed by atoms with Crippen molar-refractivity contribution in [3.05, 3.63) is 29.8 Å². The van der Waals surface area contributed by atoms with Crippen molar-refractivity contribution in [2.75, 3.05) is 20.8 Å². The van der Waals surface area contributed by atoms with E-state index in [2.05, 4.69) is 10.6 Å². The number of nitrogens with one attached hydrogen (secondary N) is 2. The molecular formula is C15H22N2O4. The summed E-state index contributed by atoms with van der Waals surface area (Å²) in [6, 6.07) is 7.28. The summed E-state index contributed by atoms with van der Waals surface area (Å²) in [4.78, 5) is 23.2. The van der Waals surface area contributed by atoms with Gasteiger partial charge in [-0.15, -0.1) is 0 Å². The molecular weight excluding hydrogens is 272 g/mol. The molecule has 0 fully saturated rings. The SMILES string of the molecule is COc1cccc(C(CNC(=O)C(=O)NC(C)C)OC)c1. The summed E-state index contributed by atoms with van der Waals surface area (Å²) in [6.45, 7) is 3.78. The quantitative estimate of drug-likeness (QED) is 0.768. The standard InChI is InChI=1S/C15H22N2O4/c1-10(2)17-15(19)14(18)16-9-13(21-4)11-6-5-7-12(8-11)20-3/h5-8,10,13H,9H2,1-4H3,(H,16,18)(H,17,19). The second-order valence-corrected chi connectivity index (χ2v) is 4.84. The minimum absolute atomic E-state index is 0.0835. The number of rotatable bonds is 6. The van der Waals surface area contributed by atoms with E-state index in [1.165, 1.54) is 0 Å². The first-order valence-corrected chi connectivity index (χ1v) is 6.73. The number of ether oxygens (including phenoxy) is 2. The van der Waals surface area contributed by atoms with Gasteiger partial charge in [-0.2, -0.15) is 0 Å². The zero-order valence-electron chi connectivity index (χ0n) is 12.8. The summed E-state index contributed by atoms with van der Waals surface area (Å²) in [5, 5.41) is 5.09. The third-order valence-electron chi connectivity index (χ3n) is 2.82. The zero-order chi connectivity index (χ0) is 15.8. The van der Waals surface area contributed by atoms with Crippen LogP contribution in [-0.4, -0.2) is 38.6 Å². The Morgan fingerprint density at radius 1 is 1.19 bits per heavy atom. The number of amides is 2. The molecule has 6 heteroatoms. The van der Waals surface area contributed by atoms with Gasteiger partial charge in [0, 0.05) is 19.7 Å². The second kappa shape index (κ2) is 8.26. The molecule has 21 heavy (non-hydrogen) atoms. The maximum Gasteiger partial charge on any atom is 0.309 e. The molecule has 0 radical (unpaired) electrons. The van der Waals surface area contributed by atoms with Crippen LogP contribution in [0.5, 0.6) is 5.75 Å². The fourth-order valence-corrected chi connectivity index (χ4v) is 1.77. The van der Waals surface area contributed by atoms with Gasteiger partial charge in [0.1, 0.15) is 5.75 Å². The van der Waals surface area contributed by atoms with Gasteiger partial charge in [-0.25, -0.2) is 0 Å². The Balaban J connectivity index is 2.62. The van der Waals surface area contributed by atoms with Gasteiger partial charge in [0.2, 0.25) is 0 Å². The summed E-state index contributed by atoms with van der Waals surface area (Å²) >= 11 is 0. The highest BCUT2D eigenvalue weighted by atomic mass is 16.5. The number of carbonyl (C=O) groups excluding carboxylic acids is 2. The lowest BCUT2D eigenvalue weighted by Crippen LogP contribution is -2.43. The van der Waals surface area contributed by atoms with Gasteiger partial charge in [0.15, 0.2) is 0 Å². The summed E-state index contributed by atoms with van der Waals surface area (Å²) in [5.41, 5.74) is 0.862. The van der Waals surface area contributed by atoms with Crippen LogP contribution in [0.3, 0.4) is 0 Å². The van der Waals surface area contributed by atoms with Crippen molar-refractivity contribution in [3.63, 3.8) is 0 Å². The third-order valence-corrected chi connectivity index (χ3v) is 2.82. The molecule has 6 nitrogen and oxygen atoms in total. The van der Waals surface area contributed by atoms with Crippen LogP contribution in [0.2, 0.25) is 0 Å². The van der Waals surface area contributed by atoms with E-state index in [9.17, 15) is 9.59 Å². The molecule has 0 saturated carbocycles. The van der Waals surface area contributed by atoms with Gasteiger partial charge in [-0.1, -0.05) is 12.1 Å². The summed E-state index contributed by atoms with van der Waals surface area (Å²) in [7, 11) is 3.13. The zero-order valence-corrected chi connectivity index (χ0v) is 12.8. The number of methoxy groups -OCH3 is 2. The van der Waals surface area contributed by atoms with E-state index in [0.29, 0.717) is 5.75 Å². The van der Waals surface area contributed by atoms with Crippen molar-refractivity contribution < 1.29 is 19.1 Å². The summed E-state index contributed by atoms with van der Waals surface area (Å²) in [5.74, 6) is -0.613. The van der Waals surface area contributed by atoms with E-state index in [-0.39, 0.29) is 18.7 Å². The maximum atomic E-state index is 11.6. The lowest BCUT2D eigenvalue weighted by molar-refractivity contribution is -0.139. The summed E-state index contributed by atoms with van der Waals surface area (Å²) < 4.78 is 10.5. The van der Waals surface area contributed by atoms with Crippen molar-refractivity contribution in [3.8, 4) is 5.75 Å². The first-order valence-electron chi connectivity index (χ1n) is 6.73. The molecule has 2 amide bonds. The van der Waals surface area contributed by atoms with Crippen LogP contribution < -0.4 is 15.4 Å². The fraction of sp³-hybridized carbons (Fsp3) is 0.467. The molecule has 1 atom stereocenters. The Hall–Kier alpha value is -2.08. The highest BCUT2D eigenvalue weighted by Gasteiger charge is 2.17. The first kappa shape index (κ1) is 17.0. The Kier molecular flexibility index (Phi) is 6.68. The molecule has 116 valence electrons. The van der Waals surface area contributed by atoms with Crippen LogP contribution >= 0.6 is 0 Å². The topological polar surface area (TPSA) is 76.7 Å². The minimum Gasteiger partial charge on any atom is -0.497 e. The smallest absolute Gasteiger partial charge is 0.309 e. The first-order chi connectivity index (χ1) is 9.97. The largest absolute Gasteiger partial charge is 0.497 e. The fourth-order valence-electron chi connectivity index (χ4n) is 1.77. The lowest BCUT2D eigenvalue weighted by Gasteiger charge is -2.17. The normalized spacial score (nSPS) is 11.9. The molecule has 0 aromatic heterocycles. The maximum absolute atomic E-state index is 11.6. The van der Waals surface area contributed by atoms with Crippen molar-refractivity contribution in [1.29, 1.82) is 0 Å². The molecule has 2 N–H and O–H groups in total. The van der Waals surface area contributed by atoms with Gasteiger partial charge in [-0.3, -0.25) is 9.59 Å². The van der Waals surface area contributed by atoms with Crippen molar-refractivity contribution >= 4 is 11.8 Å². The number of hydrogen-bond acceptors (Lipinski definition) is 4. The van der Waals surface area contributed by atoms with Gasteiger partial charge in [0.25, 0.3) is 0 Å². The van der Waals surface area contributed by atoms with Gasteiger partial charge in [0.05, 0.1) is 13.2 Å². The predicted molar refractivity (Wildman–Crippen MR) is 79.0 cm³/mol. The molecule has 0 aliphatic carbocycles.